The average Bonchev–Trinajstić information content (AvgIpc) is 3.03. The number of carbonyl (C=O) groups excluding carboxylic acids is 2. The lowest BCUT2D eigenvalue weighted by molar-refractivity contribution is -0.126. The zero-order chi connectivity index (χ0) is 19.4. The zero-order valence-electron chi connectivity index (χ0n) is 16.9. The Morgan fingerprint density at radius 3 is 2.70 bits per heavy atom. The summed E-state index contributed by atoms with van der Waals surface area (Å²) in [6, 6.07) is 8.04. The van der Waals surface area contributed by atoms with E-state index in [1.165, 1.54) is 24.8 Å². The Labute approximate surface area is 163 Å². The van der Waals surface area contributed by atoms with E-state index in [1.807, 2.05) is 18.2 Å². The number of hydrogen-bond donors (Lipinski definition) is 1. The number of nitrogens with one attached hydrogen (secondary N) is 1. The van der Waals surface area contributed by atoms with Gasteiger partial charge in [-0.15, -0.1) is 0 Å². The first kappa shape index (κ1) is 19.7. The van der Waals surface area contributed by atoms with Crippen LogP contribution in [0.15, 0.2) is 35.9 Å². The van der Waals surface area contributed by atoms with Gasteiger partial charge in [0.05, 0.1) is 5.92 Å². The van der Waals surface area contributed by atoms with E-state index >= 15 is 0 Å². The summed E-state index contributed by atoms with van der Waals surface area (Å²) < 4.78 is 0. The van der Waals surface area contributed by atoms with Gasteiger partial charge in [0.15, 0.2) is 0 Å². The molecule has 1 aromatic rings. The van der Waals surface area contributed by atoms with Crippen LogP contribution in [0.5, 0.6) is 0 Å². The van der Waals surface area contributed by atoms with Crippen molar-refractivity contribution in [3.05, 3.63) is 41.5 Å². The number of anilines is 1. The van der Waals surface area contributed by atoms with Crippen LogP contribution in [0.1, 0.15) is 64.9 Å². The molecule has 0 bridgehead atoms. The monoisotopic (exact) mass is 368 g/mol. The van der Waals surface area contributed by atoms with Crippen LogP contribution in [0.25, 0.3) is 0 Å². The number of para-hydroxylation sites is 1. The van der Waals surface area contributed by atoms with Crippen LogP contribution in [0.3, 0.4) is 0 Å². The molecule has 1 heterocycles. The molecule has 0 radical (unpaired) electrons. The Hall–Kier alpha value is -2.10. The van der Waals surface area contributed by atoms with Crippen molar-refractivity contribution in [2.75, 3.05) is 18.0 Å². The van der Waals surface area contributed by atoms with E-state index in [-0.39, 0.29) is 23.1 Å². The number of rotatable bonds is 5. The van der Waals surface area contributed by atoms with Crippen LogP contribution < -0.4 is 10.2 Å². The number of hydrogen-bond acceptors (Lipinski definition) is 2. The van der Waals surface area contributed by atoms with Crippen molar-refractivity contribution < 1.29 is 9.59 Å². The molecule has 2 amide bonds. The lowest BCUT2D eigenvalue weighted by atomic mass is 9.85. The molecule has 27 heavy (non-hydrogen) atoms. The highest BCUT2D eigenvalue weighted by molar-refractivity contribution is 6.01. The van der Waals surface area contributed by atoms with Crippen LogP contribution in [0, 0.1) is 5.92 Å². The van der Waals surface area contributed by atoms with Gasteiger partial charge < -0.3 is 10.2 Å². The fraction of sp³-hybridized carbons (Fsp3) is 0.565. The number of carbonyl (C=O) groups is 2. The van der Waals surface area contributed by atoms with E-state index < -0.39 is 0 Å². The van der Waals surface area contributed by atoms with Crippen molar-refractivity contribution >= 4 is 17.5 Å². The average molecular weight is 369 g/mol. The number of nitrogens with zero attached hydrogens (tertiary/aromatic N) is 1. The predicted molar refractivity (Wildman–Crippen MR) is 110 cm³/mol. The molecule has 0 aromatic heterocycles. The quantitative estimate of drug-likeness (QED) is 0.786. The molecular weight excluding hydrogens is 336 g/mol. The van der Waals surface area contributed by atoms with E-state index in [4.69, 9.17) is 0 Å². The molecule has 0 spiro atoms. The Morgan fingerprint density at radius 1 is 1.22 bits per heavy atom. The van der Waals surface area contributed by atoms with Crippen molar-refractivity contribution in [1.82, 2.24) is 5.32 Å². The molecule has 1 saturated heterocycles. The maximum atomic E-state index is 12.6. The van der Waals surface area contributed by atoms with Crippen molar-refractivity contribution in [2.24, 2.45) is 5.92 Å². The van der Waals surface area contributed by atoms with E-state index in [0.29, 0.717) is 19.5 Å². The molecule has 0 saturated carbocycles. The lowest BCUT2D eigenvalue weighted by Gasteiger charge is -2.27. The first-order valence-corrected chi connectivity index (χ1v) is 10.2. The summed E-state index contributed by atoms with van der Waals surface area (Å²) >= 11 is 0. The number of allylic oxidation sites excluding steroid dienone is 1. The largest absolute Gasteiger partial charge is 0.355 e. The van der Waals surface area contributed by atoms with E-state index in [1.54, 1.807) is 4.90 Å². The third kappa shape index (κ3) is 4.79. The Kier molecular flexibility index (Phi) is 6.03. The normalized spacial score (nSPS) is 20.6. The third-order valence-electron chi connectivity index (χ3n) is 5.63. The van der Waals surface area contributed by atoms with Crippen LogP contribution in [-0.2, 0) is 15.0 Å². The van der Waals surface area contributed by atoms with E-state index in [2.05, 4.69) is 38.2 Å². The molecular formula is C23H32N2O2. The molecule has 1 N–H and O–H groups in total. The van der Waals surface area contributed by atoms with E-state index in [9.17, 15) is 9.59 Å². The topological polar surface area (TPSA) is 49.4 Å². The number of benzene rings is 1. The lowest BCUT2D eigenvalue weighted by Crippen LogP contribution is -2.34. The zero-order valence-corrected chi connectivity index (χ0v) is 16.9. The predicted octanol–water partition coefficient (Wildman–Crippen LogP) is 4.34. The van der Waals surface area contributed by atoms with Gasteiger partial charge in [0, 0.05) is 25.2 Å². The molecule has 1 aliphatic heterocycles. The van der Waals surface area contributed by atoms with Gasteiger partial charge in [-0.05, 0) is 49.1 Å². The highest BCUT2D eigenvalue weighted by Gasteiger charge is 2.36. The second-order valence-electron chi connectivity index (χ2n) is 8.82. The SMILES string of the molecule is CC(C)(C)c1ccccc1N1CC(C(=O)NCCC2=CCCCC2)CC1=O. The molecule has 2 aliphatic rings. The van der Waals surface area contributed by atoms with Crippen molar-refractivity contribution in [2.45, 2.75) is 64.7 Å². The molecule has 1 unspecified atom stereocenters. The van der Waals surface area contributed by atoms with Gasteiger partial charge in [0.1, 0.15) is 0 Å². The van der Waals surface area contributed by atoms with Gasteiger partial charge in [-0.2, -0.15) is 0 Å². The first-order chi connectivity index (χ1) is 12.9. The van der Waals surface area contributed by atoms with Crippen LogP contribution in [0.2, 0.25) is 0 Å². The maximum Gasteiger partial charge on any atom is 0.227 e. The summed E-state index contributed by atoms with van der Waals surface area (Å²) in [6.45, 7) is 7.60. The fourth-order valence-corrected chi connectivity index (χ4v) is 4.08. The smallest absolute Gasteiger partial charge is 0.227 e. The minimum Gasteiger partial charge on any atom is -0.355 e. The molecule has 1 aliphatic carbocycles. The molecule has 3 rings (SSSR count). The second kappa shape index (κ2) is 8.28. The standard InChI is InChI=1S/C23H32N2O2/c1-23(2,3)19-11-7-8-12-20(19)25-16-18(15-21(25)26)22(27)24-14-13-17-9-5-4-6-10-17/h7-9,11-12,18H,4-6,10,13-16H2,1-3H3,(H,24,27). The van der Waals surface area contributed by atoms with Crippen LogP contribution >= 0.6 is 0 Å². The van der Waals surface area contributed by atoms with Gasteiger partial charge in [-0.1, -0.05) is 50.6 Å². The molecule has 4 nitrogen and oxygen atoms in total. The summed E-state index contributed by atoms with van der Waals surface area (Å²) in [5.74, 6) is -0.205. The Morgan fingerprint density at radius 2 is 2.00 bits per heavy atom. The van der Waals surface area contributed by atoms with Gasteiger partial charge in [0.25, 0.3) is 0 Å². The van der Waals surface area contributed by atoms with Crippen LogP contribution in [-0.4, -0.2) is 24.9 Å². The summed E-state index contributed by atoms with van der Waals surface area (Å²) in [5, 5.41) is 3.05. The third-order valence-corrected chi connectivity index (χ3v) is 5.63. The van der Waals surface area contributed by atoms with Crippen molar-refractivity contribution in [3.8, 4) is 0 Å². The highest BCUT2D eigenvalue weighted by Crippen LogP contribution is 2.35. The highest BCUT2D eigenvalue weighted by atomic mass is 16.2. The maximum absolute atomic E-state index is 12.6. The summed E-state index contributed by atoms with van der Waals surface area (Å²) in [6.07, 6.45) is 8.43. The minimum atomic E-state index is -0.258. The molecule has 1 fully saturated rings. The summed E-state index contributed by atoms with van der Waals surface area (Å²) in [4.78, 5) is 27.0. The fourth-order valence-electron chi connectivity index (χ4n) is 4.08. The van der Waals surface area contributed by atoms with Gasteiger partial charge in [-0.25, -0.2) is 0 Å². The van der Waals surface area contributed by atoms with E-state index in [0.717, 1.165) is 24.1 Å². The van der Waals surface area contributed by atoms with Gasteiger partial charge in [-0.3, -0.25) is 9.59 Å². The van der Waals surface area contributed by atoms with Crippen molar-refractivity contribution in [3.63, 3.8) is 0 Å². The Bertz CT molecular complexity index is 730. The van der Waals surface area contributed by atoms with Gasteiger partial charge in [0.2, 0.25) is 11.8 Å². The molecule has 146 valence electrons. The minimum absolute atomic E-state index is 0.00972. The molecule has 1 atom stereocenters. The summed E-state index contributed by atoms with van der Waals surface area (Å²) in [5.41, 5.74) is 3.50. The van der Waals surface area contributed by atoms with Gasteiger partial charge >= 0.3 is 0 Å². The first-order valence-electron chi connectivity index (χ1n) is 10.2. The van der Waals surface area contributed by atoms with Crippen LogP contribution in [0.4, 0.5) is 5.69 Å². The molecule has 1 aromatic carbocycles. The molecule has 4 heteroatoms. The Balaban J connectivity index is 1.60. The second-order valence-corrected chi connectivity index (χ2v) is 8.82. The number of amides is 2. The summed E-state index contributed by atoms with van der Waals surface area (Å²) in [7, 11) is 0. The van der Waals surface area contributed by atoms with Crippen molar-refractivity contribution in [1.29, 1.82) is 0 Å².